The Labute approximate surface area is 107 Å². The molecule has 4 heteroatoms. The highest BCUT2D eigenvalue weighted by atomic mass is 79.9. The number of thiophene rings is 1. The van der Waals surface area contributed by atoms with Crippen LogP contribution in [0.4, 0.5) is 0 Å². The van der Waals surface area contributed by atoms with Crippen LogP contribution in [-0.2, 0) is 5.33 Å². The van der Waals surface area contributed by atoms with Crippen LogP contribution in [0.15, 0.2) is 47.2 Å². The standard InChI is InChI=1S/C8H7BrO2.C4H4S/c9-5-6-3-1-2-4-7(6)8(10)11;1-2-4-5-3-1/h1-4H,5H2,(H,10,11);1-4H/p-1. The summed E-state index contributed by atoms with van der Waals surface area (Å²) in [5.41, 5.74) is 0.997. The summed E-state index contributed by atoms with van der Waals surface area (Å²) in [4.78, 5) is 10.4. The average Bonchev–Trinajstić information content (AvgIpc) is 2.87. The third-order valence-electron chi connectivity index (χ3n) is 1.81. The van der Waals surface area contributed by atoms with Crippen molar-refractivity contribution in [3.8, 4) is 0 Å². The van der Waals surface area contributed by atoms with Crippen molar-refractivity contribution in [3.63, 3.8) is 0 Å². The molecule has 0 radical (unpaired) electrons. The number of hydrogen-bond donors (Lipinski definition) is 0. The zero-order chi connectivity index (χ0) is 11.8. The van der Waals surface area contributed by atoms with Gasteiger partial charge in [0, 0.05) is 10.9 Å². The molecule has 0 bridgehead atoms. The average molecular weight is 298 g/mol. The van der Waals surface area contributed by atoms with Crippen LogP contribution in [0.3, 0.4) is 0 Å². The Bertz CT molecular complexity index is 409. The van der Waals surface area contributed by atoms with Gasteiger partial charge >= 0.3 is 0 Å². The van der Waals surface area contributed by atoms with E-state index in [2.05, 4.69) is 15.9 Å². The predicted octanol–water partition coefficient (Wildman–Crippen LogP) is 2.69. The maximum Gasteiger partial charge on any atom is 0.0718 e. The van der Waals surface area contributed by atoms with Crippen molar-refractivity contribution in [1.82, 2.24) is 0 Å². The number of benzene rings is 1. The van der Waals surface area contributed by atoms with Gasteiger partial charge in [0.2, 0.25) is 0 Å². The highest BCUT2D eigenvalue weighted by Crippen LogP contribution is 2.10. The van der Waals surface area contributed by atoms with Gasteiger partial charge in [0.05, 0.1) is 5.97 Å². The topological polar surface area (TPSA) is 40.1 Å². The minimum absolute atomic E-state index is 0.254. The molecule has 1 aromatic carbocycles. The second kappa shape index (κ2) is 7.19. The molecule has 0 aliphatic rings. The molecule has 0 saturated carbocycles. The molecule has 0 saturated heterocycles. The number of alkyl halides is 1. The number of halogens is 1. The van der Waals surface area contributed by atoms with E-state index < -0.39 is 5.97 Å². The molecule has 16 heavy (non-hydrogen) atoms. The minimum Gasteiger partial charge on any atom is -0.545 e. The first-order valence-electron chi connectivity index (χ1n) is 4.58. The number of aromatic carboxylic acids is 1. The van der Waals surface area contributed by atoms with E-state index >= 15 is 0 Å². The van der Waals surface area contributed by atoms with Crippen molar-refractivity contribution in [2.75, 3.05) is 0 Å². The van der Waals surface area contributed by atoms with E-state index in [4.69, 9.17) is 0 Å². The number of hydrogen-bond acceptors (Lipinski definition) is 3. The molecule has 2 nitrogen and oxygen atoms in total. The number of carbonyl (C=O) groups excluding carboxylic acids is 1. The normalized spacial score (nSPS) is 9.06. The number of carboxylic acids is 1. The van der Waals surface area contributed by atoms with Crippen molar-refractivity contribution in [2.45, 2.75) is 5.33 Å². The fourth-order valence-corrected chi connectivity index (χ4v) is 2.01. The van der Waals surface area contributed by atoms with Gasteiger partial charge in [-0.05, 0) is 16.3 Å². The van der Waals surface area contributed by atoms with Gasteiger partial charge in [0.1, 0.15) is 0 Å². The lowest BCUT2D eigenvalue weighted by Gasteiger charge is -2.06. The van der Waals surface area contributed by atoms with Crippen LogP contribution in [0.5, 0.6) is 0 Å². The molecule has 0 N–H and O–H groups in total. The molecule has 0 spiro atoms. The SMILES string of the molecule is O=C([O-])c1ccccc1CBr.c1ccsc1. The Hall–Kier alpha value is -1.13. The maximum atomic E-state index is 10.4. The van der Waals surface area contributed by atoms with E-state index in [1.807, 2.05) is 22.9 Å². The van der Waals surface area contributed by atoms with Gasteiger partial charge in [-0.3, -0.25) is 0 Å². The number of carbonyl (C=O) groups is 1. The molecule has 0 aliphatic heterocycles. The smallest absolute Gasteiger partial charge is 0.0718 e. The lowest BCUT2D eigenvalue weighted by molar-refractivity contribution is -0.255. The molecule has 2 aromatic rings. The van der Waals surface area contributed by atoms with Gasteiger partial charge in [-0.2, -0.15) is 11.3 Å². The first kappa shape index (κ1) is 12.9. The van der Waals surface area contributed by atoms with Crippen LogP contribution >= 0.6 is 27.3 Å². The van der Waals surface area contributed by atoms with Crippen LogP contribution in [-0.4, -0.2) is 5.97 Å². The Morgan fingerprint density at radius 2 is 1.81 bits per heavy atom. The molecule has 0 atom stereocenters. The van der Waals surface area contributed by atoms with Crippen LogP contribution in [0, 0.1) is 0 Å². The molecule has 0 amide bonds. The zero-order valence-corrected chi connectivity index (χ0v) is 10.8. The van der Waals surface area contributed by atoms with Crippen LogP contribution in [0.1, 0.15) is 15.9 Å². The monoisotopic (exact) mass is 297 g/mol. The summed E-state index contributed by atoms with van der Waals surface area (Å²) in [6.07, 6.45) is 0. The Balaban J connectivity index is 0.000000212. The van der Waals surface area contributed by atoms with E-state index in [0.717, 1.165) is 5.56 Å². The molecule has 1 heterocycles. The largest absolute Gasteiger partial charge is 0.545 e. The quantitative estimate of drug-likeness (QED) is 0.800. The summed E-state index contributed by atoms with van der Waals surface area (Å²) in [6.45, 7) is 0. The molecule has 1 aromatic heterocycles. The first-order valence-corrected chi connectivity index (χ1v) is 6.64. The molecular formula is C12H10BrO2S-. The Morgan fingerprint density at radius 1 is 1.19 bits per heavy atom. The second-order valence-electron chi connectivity index (χ2n) is 2.87. The third kappa shape index (κ3) is 4.16. The first-order chi connectivity index (χ1) is 7.75. The predicted molar refractivity (Wildman–Crippen MR) is 67.7 cm³/mol. The summed E-state index contributed by atoms with van der Waals surface area (Å²) in [5, 5.41) is 15.1. The molecule has 0 unspecified atom stereocenters. The molecule has 2 rings (SSSR count). The van der Waals surface area contributed by atoms with Gasteiger partial charge in [0.25, 0.3) is 0 Å². The van der Waals surface area contributed by atoms with E-state index in [9.17, 15) is 9.90 Å². The highest BCUT2D eigenvalue weighted by Gasteiger charge is 1.98. The van der Waals surface area contributed by atoms with Crippen molar-refractivity contribution < 1.29 is 9.90 Å². The molecule has 84 valence electrons. The fraction of sp³-hybridized carbons (Fsp3) is 0.0833. The van der Waals surface area contributed by atoms with Gasteiger partial charge in [-0.25, -0.2) is 0 Å². The summed E-state index contributed by atoms with van der Waals surface area (Å²) in [5.74, 6) is -1.12. The van der Waals surface area contributed by atoms with Gasteiger partial charge in [-0.15, -0.1) is 0 Å². The summed E-state index contributed by atoms with van der Waals surface area (Å²) in [7, 11) is 0. The summed E-state index contributed by atoms with van der Waals surface area (Å²) < 4.78 is 0. The van der Waals surface area contributed by atoms with Crippen LogP contribution in [0.2, 0.25) is 0 Å². The van der Waals surface area contributed by atoms with Gasteiger partial charge in [0.15, 0.2) is 0 Å². The van der Waals surface area contributed by atoms with Crippen molar-refractivity contribution in [1.29, 1.82) is 0 Å². The Kier molecular flexibility index (Phi) is 5.82. The molecule has 0 fully saturated rings. The van der Waals surface area contributed by atoms with Crippen molar-refractivity contribution in [3.05, 3.63) is 58.3 Å². The lowest BCUT2D eigenvalue weighted by Crippen LogP contribution is -2.23. The lowest BCUT2D eigenvalue weighted by atomic mass is 10.1. The van der Waals surface area contributed by atoms with Gasteiger partial charge < -0.3 is 9.90 Å². The minimum atomic E-state index is -1.12. The van der Waals surface area contributed by atoms with Crippen LogP contribution in [0.25, 0.3) is 0 Å². The summed E-state index contributed by atoms with van der Waals surface area (Å²) in [6, 6.07) is 10.8. The zero-order valence-electron chi connectivity index (χ0n) is 8.43. The van der Waals surface area contributed by atoms with E-state index in [1.165, 1.54) is 6.07 Å². The van der Waals surface area contributed by atoms with Crippen molar-refractivity contribution >= 4 is 33.2 Å². The van der Waals surface area contributed by atoms with E-state index in [0.29, 0.717) is 5.33 Å². The summed E-state index contributed by atoms with van der Waals surface area (Å²) >= 11 is 4.90. The highest BCUT2D eigenvalue weighted by molar-refractivity contribution is 9.08. The van der Waals surface area contributed by atoms with Crippen molar-refractivity contribution in [2.24, 2.45) is 0 Å². The maximum absolute atomic E-state index is 10.4. The number of carboxylic acid groups (broad SMARTS) is 1. The number of rotatable bonds is 2. The van der Waals surface area contributed by atoms with E-state index in [-0.39, 0.29) is 5.56 Å². The Morgan fingerprint density at radius 3 is 2.19 bits per heavy atom. The van der Waals surface area contributed by atoms with Crippen LogP contribution < -0.4 is 5.11 Å². The van der Waals surface area contributed by atoms with Gasteiger partial charge in [-0.1, -0.05) is 52.3 Å². The van der Waals surface area contributed by atoms with E-state index in [1.54, 1.807) is 29.5 Å². The second-order valence-corrected chi connectivity index (χ2v) is 4.25. The third-order valence-corrected chi connectivity index (χ3v) is 3.04. The molecular weight excluding hydrogens is 288 g/mol. The molecule has 0 aliphatic carbocycles. The fourth-order valence-electron chi connectivity index (χ4n) is 1.06.